The Hall–Kier alpha value is -2.96. The summed E-state index contributed by atoms with van der Waals surface area (Å²) in [5.74, 6) is -2.47. The van der Waals surface area contributed by atoms with E-state index >= 15 is 0 Å². The van der Waals surface area contributed by atoms with Crippen LogP contribution in [0.15, 0.2) is 48.5 Å². The second kappa shape index (κ2) is 8.05. The summed E-state index contributed by atoms with van der Waals surface area (Å²) in [6.45, 7) is -0.402. The summed E-state index contributed by atoms with van der Waals surface area (Å²) in [5.41, 5.74) is 0.456. The van der Waals surface area contributed by atoms with Gasteiger partial charge in [0.2, 0.25) is 0 Å². The highest BCUT2D eigenvalue weighted by molar-refractivity contribution is 5.79. The highest BCUT2D eigenvalue weighted by Gasteiger charge is 2.18. The Balaban J connectivity index is 1.99. The third-order valence-corrected chi connectivity index (χ3v) is 3.15. The van der Waals surface area contributed by atoms with Gasteiger partial charge in [0.15, 0.2) is 6.61 Å². The van der Waals surface area contributed by atoms with Crippen LogP contribution in [-0.4, -0.2) is 23.6 Å². The number of hydrogen-bond donors (Lipinski definition) is 2. The summed E-state index contributed by atoms with van der Waals surface area (Å²) in [4.78, 5) is 22.9. The van der Waals surface area contributed by atoms with Gasteiger partial charge < -0.3 is 15.2 Å². The zero-order valence-electron chi connectivity index (χ0n) is 12.5. The minimum atomic E-state index is -1.12. The first-order valence-corrected chi connectivity index (χ1v) is 7.09. The van der Waals surface area contributed by atoms with Crippen LogP contribution in [0.3, 0.4) is 0 Å². The van der Waals surface area contributed by atoms with Gasteiger partial charge in [-0.05, 0) is 29.8 Å². The Bertz CT molecular complexity index is 719. The molecule has 0 fully saturated rings. The van der Waals surface area contributed by atoms with Gasteiger partial charge in [0, 0.05) is 6.07 Å². The summed E-state index contributed by atoms with van der Waals surface area (Å²) < 4.78 is 31.1. The standard InChI is InChI=1S/C17H15F2NO4/c18-12-6-4-11(5-7-12)15(9-17(22)23)20-16(21)10-24-14-3-1-2-13(19)8-14/h1-8,15H,9-10H2,(H,20,21)(H,22,23)/t15-/m1/s1. The molecule has 0 bridgehead atoms. The minimum Gasteiger partial charge on any atom is -0.484 e. The SMILES string of the molecule is O=C(O)C[C@@H](NC(=O)COc1cccc(F)c1)c1ccc(F)cc1. The van der Waals surface area contributed by atoms with Crippen molar-refractivity contribution in [3.63, 3.8) is 0 Å². The fourth-order valence-corrected chi connectivity index (χ4v) is 2.06. The Labute approximate surface area is 136 Å². The molecule has 0 unspecified atom stereocenters. The molecule has 1 amide bonds. The van der Waals surface area contributed by atoms with Crippen LogP contribution in [0.2, 0.25) is 0 Å². The van der Waals surface area contributed by atoms with E-state index in [1.165, 1.54) is 42.5 Å². The number of rotatable bonds is 7. The lowest BCUT2D eigenvalue weighted by atomic mass is 10.0. The Morgan fingerprint density at radius 3 is 2.42 bits per heavy atom. The quantitative estimate of drug-likeness (QED) is 0.816. The third-order valence-electron chi connectivity index (χ3n) is 3.15. The molecule has 0 radical (unpaired) electrons. The largest absolute Gasteiger partial charge is 0.484 e. The number of hydrogen-bond acceptors (Lipinski definition) is 3. The maximum Gasteiger partial charge on any atom is 0.305 e. The van der Waals surface area contributed by atoms with E-state index in [0.29, 0.717) is 5.56 Å². The van der Waals surface area contributed by atoms with Crippen LogP contribution in [-0.2, 0) is 9.59 Å². The van der Waals surface area contributed by atoms with Crippen molar-refractivity contribution in [1.29, 1.82) is 0 Å². The summed E-state index contributed by atoms with van der Waals surface area (Å²) in [6.07, 6.45) is -0.364. The average Bonchev–Trinajstić information content (AvgIpc) is 2.53. The van der Waals surface area contributed by atoms with Gasteiger partial charge >= 0.3 is 5.97 Å². The zero-order chi connectivity index (χ0) is 17.5. The van der Waals surface area contributed by atoms with Crippen LogP contribution in [0.25, 0.3) is 0 Å². The van der Waals surface area contributed by atoms with Crippen LogP contribution < -0.4 is 10.1 Å². The van der Waals surface area contributed by atoms with E-state index < -0.39 is 36.2 Å². The van der Waals surface area contributed by atoms with Crippen molar-refractivity contribution >= 4 is 11.9 Å². The molecule has 2 rings (SSSR count). The number of amides is 1. The molecule has 0 spiro atoms. The Kier molecular flexibility index (Phi) is 5.83. The molecule has 0 saturated carbocycles. The molecular formula is C17H15F2NO4. The number of carbonyl (C=O) groups is 2. The number of benzene rings is 2. The van der Waals surface area contributed by atoms with E-state index in [2.05, 4.69) is 5.32 Å². The predicted octanol–water partition coefficient (Wildman–Crippen LogP) is 2.68. The number of carboxylic acid groups (broad SMARTS) is 1. The van der Waals surface area contributed by atoms with Crippen LogP contribution in [0.5, 0.6) is 5.75 Å². The number of carbonyl (C=O) groups excluding carboxylic acids is 1. The number of nitrogens with one attached hydrogen (secondary N) is 1. The molecule has 126 valence electrons. The van der Waals surface area contributed by atoms with Gasteiger partial charge in [-0.1, -0.05) is 18.2 Å². The van der Waals surface area contributed by atoms with E-state index in [0.717, 1.165) is 6.07 Å². The molecule has 2 aromatic rings. The van der Waals surface area contributed by atoms with Gasteiger partial charge in [-0.25, -0.2) is 8.78 Å². The van der Waals surface area contributed by atoms with Gasteiger partial charge in [0.05, 0.1) is 12.5 Å². The summed E-state index contributed by atoms with van der Waals surface area (Å²) >= 11 is 0. The van der Waals surface area contributed by atoms with Crippen LogP contribution >= 0.6 is 0 Å². The first-order chi connectivity index (χ1) is 11.4. The molecule has 0 aliphatic rings. The monoisotopic (exact) mass is 335 g/mol. The van der Waals surface area contributed by atoms with Gasteiger partial charge in [-0.15, -0.1) is 0 Å². The lowest BCUT2D eigenvalue weighted by Gasteiger charge is -2.17. The number of carboxylic acids is 1. The van der Waals surface area contributed by atoms with Gasteiger partial charge in [0.1, 0.15) is 17.4 Å². The van der Waals surface area contributed by atoms with Gasteiger partial charge in [-0.3, -0.25) is 9.59 Å². The van der Waals surface area contributed by atoms with E-state index in [1.807, 2.05) is 0 Å². The molecule has 0 heterocycles. The van der Waals surface area contributed by atoms with E-state index in [9.17, 15) is 18.4 Å². The van der Waals surface area contributed by atoms with Gasteiger partial charge in [0.25, 0.3) is 5.91 Å². The van der Waals surface area contributed by atoms with E-state index in [1.54, 1.807) is 0 Å². The second-order valence-corrected chi connectivity index (χ2v) is 5.02. The maximum absolute atomic E-state index is 13.0. The molecule has 5 nitrogen and oxygen atoms in total. The zero-order valence-corrected chi connectivity index (χ0v) is 12.5. The van der Waals surface area contributed by atoms with E-state index in [-0.39, 0.29) is 12.2 Å². The summed E-state index contributed by atoms with van der Waals surface area (Å²) in [7, 11) is 0. The molecule has 0 aromatic heterocycles. The molecule has 0 aliphatic carbocycles. The predicted molar refractivity (Wildman–Crippen MR) is 81.4 cm³/mol. The fraction of sp³-hybridized carbons (Fsp3) is 0.176. The van der Waals surface area contributed by atoms with Crippen molar-refractivity contribution < 1.29 is 28.2 Å². The summed E-state index contributed by atoms with van der Waals surface area (Å²) in [5, 5.41) is 11.5. The van der Waals surface area contributed by atoms with Crippen LogP contribution in [0.4, 0.5) is 8.78 Å². The van der Waals surface area contributed by atoms with Crippen LogP contribution in [0, 0.1) is 11.6 Å². The van der Waals surface area contributed by atoms with Crippen LogP contribution in [0.1, 0.15) is 18.0 Å². The number of aliphatic carboxylic acids is 1. The Morgan fingerprint density at radius 2 is 1.79 bits per heavy atom. The number of halogens is 2. The molecule has 2 N–H and O–H groups in total. The summed E-state index contributed by atoms with van der Waals surface area (Å²) in [6, 6.07) is 9.63. The molecular weight excluding hydrogens is 320 g/mol. The lowest BCUT2D eigenvalue weighted by Crippen LogP contribution is -2.33. The smallest absolute Gasteiger partial charge is 0.305 e. The van der Waals surface area contributed by atoms with Crippen molar-refractivity contribution in [3.05, 3.63) is 65.7 Å². The maximum atomic E-state index is 13.0. The van der Waals surface area contributed by atoms with Crippen molar-refractivity contribution in [1.82, 2.24) is 5.32 Å². The topological polar surface area (TPSA) is 75.6 Å². The Morgan fingerprint density at radius 1 is 1.08 bits per heavy atom. The lowest BCUT2D eigenvalue weighted by molar-refractivity contribution is -0.137. The second-order valence-electron chi connectivity index (χ2n) is 5.02. The van der Waals surface area contributed by atoms with Crippen molar-refractivity contribution in [2.75, 3.05) is 6.61 Å². The molecule has 2 aromatic carbocycles. The normalized spacial score (nSPS) is 11.6. The third kappa shape index (κ3) is 5.35. The number of ether oxygens (including phenoxy) is 1. The van der Waals surface area contributed by atoms with Crippen molar-refractivity contribution in [2.45, 2.75) is 12.5 Å². The van der Waals surface area contributed by atoms with Crippen molar-refractivity contribution in [3.8, 4) is 5.75 Å². The average molecular weight is 335 g/mol. The molecule has 7 heteroatoms. The molecule has 24 heavy (non-hydrogen) atoms. The molecule has 1 atom stereocenters. The highest BCUT2D eigenvalue weighted by Crippen LogP contribution is 2.18. The van der Waals surface area contributed by atoms with Gasteiger partial charge in [-0.2, -0.15) is 0 Å². The highest BCUT2D eigenvalue weighted by atomic mass is 19.1. The van der Waals surface area contributed by atoms with E-state index in [4.69, 9.17) is 9.84 Å². The minimum absolute atomic E-state index is 0.182. The fourth-order valence-electron chi connectivity index (χ4n) is 2.06. The molecule has 0 saturated heterocycles. The first kappa shape index (κ1) is 17.4. The molecule has 0 aliphatic heterocycles. The first-order valence-electron chi connectivity index (χ1n) is 7.09. The van der Waals surface area contributed by atoms with Crippen molar-refractivity contribution in [2.24, 2.45) is 0 Å².